The average molecular weight is 289 g/mol. The molecule has 1 aromatic carbocycles. The van der Waals surface area contributed by atoms with E-state index in [4.69, 9.17) is 28.9 Å². The molecule has 3 N–H and O–H groups in total. The second-order valence-corrected chi connectivity index (χ2v) is 5.39. The van der Waals surface area contributed by atoms with E-state index in [1.165, 1.54) is 12.8 Å². The van der Waals surface area contributed by atoms with Crippen LogP contribution in [0.25, 0.3) is 0 Å². The molecule has 1 rings (SSSR count). The summed E-state index contributed by atoms with van der Waals surface area (Å²) in [6.07, 6.45) is 2.35. The molecule has 0 fully saturated rings. The second kappa shape index (κ2) is 8.00. The van der Waals surface area contributed by atoms with Crippen LogP contribution in [0, 0.1) is 5.92 Å². The molecule has 102 valence electrons. The van der Waals surface area contributed by atoms with Crippen molar-refractivity contribution in [3.8, 4) is 0 Å². The molecular formula is C14H22Cl2N2. The minimum Gasteiger partial charge on any atom is -0.329 e. The molecule has 4 heteroatoms. The molecule has 0 heterocycles. The Balaban J connectivity index is 2.71. The van der Waals surface area contributed by atoms with Gasteiger partial charge in [-0.15, -0.1) is 0 Å². The topological polar surface area (TPSA) is 38.0 Å². The van der Waals surface area contributed by atoms with E-state index in [9.17, 15) is 0 Å². The van der Waals surface area contributed by atoms with Gasteiger partial charge in [0.1, 0.15) is 0 Å². The molecule has 0 bridgehead atoms. The lowest BCUT2D eigenvalue weighted by molar-refractivity contribution is 0.414. The molecular weight excluding hydrogens is 267 g/mol. The number of hydrogen-bond acceptors (Lipinski definition) is 2. The van der Waals surface area contributed by atoms with Crippen molar-refractivity contribution < 1.29 is 0 Å². The van der Waals surface area contributed by atoms with E-state index < -0.39 is 0 Å². The molecule has 0 aliphatic rings. The molecule has 0 spiro atoms. The van der Waals surface area contributed by atoms with E-state index in [0.717, 1.165) is 12.1 Å². The maximum atomic E-state index is 6.21. The monoisotopic (exact) mass is 288 g/mol. The minimum absolute atomic E-state index is 0.0929. The van der Waals surface area contributed by atoms with Crippen LogP contribution in [0.4, 0.5) is 0 Å². The molecule has 1 unspecified atom stereocenters. The number of hydrogen-bond donors (Lipinski definition) is 2. The fourth-order valence-electron chi connectivity index (χ4n) is 1.99. The highest BCUT2D eigenvalue weighted by Crippen LogP contribution is 2.26. The molecule has 0 aromatic heterocycles. The molecule has 0 aliphatic carbocycles. The first-order valence-corrected chi connectivity index (χ1v) is 7.26. The Bertz CT molecular complexity index is 365. The van der Waals surface area contributed by atoms with Crippen LogP contribution in [0.3, 0.4) is 0 Å². The predicted octanol–water partition coefficient (Wildman–Crippen LogP) is 4.02. The molecule has 0 saturated carbocycles. The van der Waals surface area contributed by atoms with Crippen LogP contribution in [0.15, 0.2) is 18.2 Å². The summed E-state index contributed by atoms with van der Waals surface area (Å²) in [5, 5.41) is 4.82. The SMILES string of the molecule is CCC(CC)CNC(CN)c1ccc(Cl)cc1Cl. The van der Waals surface area contributed by atoms with Crippen molar-refractivity contribution in [2.45, 2.75) is 32.7 Å². The van der Waals surface area contributed by atoms with Gasteiger partial charge in [0.15, 0.2) is 0 Å². The van der Waals surface area contributed by atoms with Crippen molar-refractivity contribution in [1.29, 1.82) is 0 Å². The molecule has 0 amide bonds. The van der Waals surface area contributed by atoms with Crippen molar-refractivity contribution in [3.63, 3.8) is 0 Å². The third-order valence-electron chi connectivity index (χ3n) is 3.38. The molecule has 2 nitrogen and oxygen atoms in total. The van der Waals surface area contributed by atoms with E-state index in [0.29, 0.717) is 22.5 Å². The fourth-order valence-corrected chi connectivity index (χ4v) is 2.53. The molecule has 0 radical (unpaired) electrons. The predicted molar refractivity (Wildman–Crippen MR) is 80.3 cm³/mol. The van der Waals surface area contributed by atoms with Gasteiger partial charge in [-0.1, -0.05) is 56.0 Å². The Morgan fingerprint density at radius 1 is 1.22 bits per heavy atom. The smallest absolute Gasteiger partial charge is 0.0469 e. The highest BCUT2D eigenvalue weighted by molar-refractivity contribution is 6.35. The Hall–Kier alpha value is -0.280. The minimum atomic E-state index is 0.0929. The summed E-state index contributed by atoms with van der Waals surface area (Å²) >= 11 is 12.1. The summed E-state index contributed by atoms with van der Waals surface area (Å²) in [7, 11) is 0. The first-order valence-electron chi connectivity index (χ1n) is 6.50. The quantitative estimate of drug-likeness (QED) is 0.795. The summed E-state index contributed by atoms with van der Waals surface area (Å²) in [6, 6.07) is 5.65. The first-order chi connectivity index (χ1) is 8.62. The highest BCUT2D eigenvalue weighted by Gasteiger charge is 2.14. The average Bonchev–Trinajstić information content (AvgIpc) is 2.36. The summed E-state index contributed by atoms with van der Waals surface area (Å²) in [4.78, 5) is 0. The standard InChI is InChI=1S/C14H22Cl2N2/c1-3-10(4-2)9-18-14(8-17)12-6-5-11(15)7-13(12)16/h5-7,10,14,18H,3-4,8-9,17H2,1-2H3. The van der Waals surface area contributed by atoms with Crippen LogP contribution in [0.5, 0.6) is 0 Å². The van der Waals surface area contributed by atoms with E-state index in [2.05, 4.69) is 19.2 Å². The first kappa shape index (κ1) is 15.8. The Morgan fingerprint density at radius 3 is 2.39 bits per heavy atom. The van der Waals surface area contributed by atoms with E-state index in [1.54, 1.807) is 6.07 Å². The van der Waals surface area contributed by atoms with Gasteiger partial charge < -0.3 is 11.1 Å². The number of nitrogens with two attached hydrogens (primary N) is 1. The Labute approximate surface area is 120 Å². The maximum Gasteiger partial charge on any atom is 0.0469 e. The number of rotatable bonds is 7. The van der Waals surface area contributed by atoms with E-state index >= 15 is 0 Å². The van der Waals surface area contributed by atoms with Crippen molar-refractivity contribution >= 4 is 23.2 Å². The number of nitrogens with one attached hydrogen (secondary N) is 1. The maximum absolute atomic E-state index is 6.21. The lowest BCUT2D eigenvalue weighted by Crippen LogP contribution is -2.32. The summed E-state index contributed by atoms with van der Waals surface area (Å²) in [5.74, 6) is 0.685. The Kier molecular flexibility index (Phi) is 7.02. The molecule has 0 saturated heterocycles. The van der Waals surface area contributed by atoms with Gasteiger partial charge in [-0.05, 0) is 30.2 Å². The zero-order valence-electron chi connectivity index (χ0n) is 11.0. The highest BCUT2D eigenvalue weighted by atomic mass is 35.5. The van der Waals surface area contributed by atoms with Crippen LogP contribution in [0.2, 0.25) is 10.0 Å². The van der Waals surface area contributed by atoms with Crippen LogP contribution >= 0.6 is 23.2 Å². The van der Waals surface area contributed by atoms with Gasteiger partial charge in [0.05, 0.1) is 0 Å². The summed E-state index contributed by atoms with van der Waals surface area (Å²) < 4.78 is 0. The van der Waals surface area contributed by atoms with E-state index in [-0.39, 0.29) is 6.04 Å². The normalized spacial score (nSPS) is 13.0. The van der Waals surface area contributed by atoms with Crippen molar-refractivity contribution in [2.24, 2.45) is 11.7 Å². The van der Waals surface area contributed by atoms with Crippen LogP contribution in [0.1, 0.15) is 38.3 Å². The van der Waals surface area contributed by atoms with Crippen LogP contribution < -0.4 is 11.1 Å². The largest absolute Gasteiger partial charge is 0.329 e. The zero-order chi connectivity index (χ0) is 13.5. The number of halogens is 2. The van der Waals surface area contributed by atoms with Crippen LogP contribution in [-0.2, 0) is 0 Å². The van der Waals surface area contributed by atoms with Gasteiger partial charge in [-0.3, -0.25) is 0 Å². The molecule has 0 aliphatic heterocycles. The zero-order valence-corrected chi connectivity index (χ0v) is 12.6. The van der Waals surface area contributed by atoms with Crippen molar-refractivity contribution in [3.05, 3.63) is 33.8 Å². The van der Waals surface area contributed by atoms with Gasteiger partial charge in [-0.25, -0.2) is 0 Å². The van der Waals surface area contributed by atoms with Crippen LogP contribution in [-0.4, -0.2) is 13.1 Å². The van der Waals surface area contributed by atoms with Crippen molar-refractivity contribution in [2.75, 3.05) is 13.1 Å². The van der Waals surface area contributed by atoms with Gasteiger partial charge in [0, 0.05) is 22.6 Å². The lowest BCUT2D eigenvalue weighted by atomic mass is 10.0. The van der Waals surface area contributed by atoms with Gasteiger partial charge in [0.25, 0.3) is 0 Å². The third-order valence-corrected chi connectivity index (χ3v) is 3.94. The molecule has 18 heavy (non-hydrogen) atoms. The summed E-state index contributed by atoms with van der Waals surface area (Å²) in [5.41, 5.74) is 6.85. The summed E-state index contributed by atoms with van der Waals surface area (Å²) in [6.45, 7) is 5.92. The van der Waals surface area contributed by atoms with Gasteiger partial charge >= 0.3 is 0 Å². The van der Waals surface area contributed by atoms with Crippen molar-refractivity contribution in [1.82, 2.24) is 5.32 Å². The number of benzene rings is 1. The van der Waals surface area contributed by atoms with E-state index in [1.807, 2.05) is 12.1 Å². The lowest BCUT2D eigenvalue weighted by Gasteiger charge is -2.22. The van der Waals surface area contributed by atoms with Gasteiger partial charge in [0.2, 0.25) is 0 Å². The molecule has 1 atom stereocenters. The second-order valence-electron chi connectivity index (χ2n) is 4.54. The van der Waals surface area contributed by atoms with Gasteiger partial charge in [-0.2, -0.15) is 0 Å². The fraction of sp³-hybridized carbons (Fsp3) is 0.571. The third kappa shape index (κ3) is 4.43. The molecule has 1 aromatic rings. The Morgan fingerprint density at radius 2 is 1.89 bits per heavy atom.